The van der Waals surface area contributed by atoms with Crippen LogP contribution in [0.2, 0.25) is 5.02 Å². The fourth-order valence-corrected chi connectivity index (χ4v) is 3.48. The van der Waals surface area contributed by atoms with Crippen LogP contribution >= 0.6 is 11.6 Å². The minimum Gasteiger partial charge on any atom is -0.465 e. The van der Waals surface area contributed by atoms with Crippen molar-refractivity contribution in [3.05, 3.63) is 87.9 Å². The van der Waals surface area contributed by atoms with Crippen molar-refractivity contribution in [1.82, 2.24) is 0 Å². The molecular weight excluding hydrogens is 474 g/mol. The molecule has 0 heterocycles. The minimum atomic E-state index is -5.16. The molecule has 0 N–H and O–H groups in total. The van der Waals surface area contributed by atoms with Gasteiger partial charge in [-0.25, -0.2) is 4.79 Å². The van der Waals surface area contributed by atoms with Crippen LogP contribution in [0, 0.1) is 0 Å². The molecule has 0 atom stereocenters. The molecule has 0 aromatic heterocycles. The Balaban J connectivity index is 2.20. The van der Waals surface area contributed by atoms with Crippen molar-refractivity contribution in [3.63, 3.8) is 0 Å². The van der Waals surface area contributed by atoms with Crippen LogP contribution in [0.3, 0.4) is 0 Å². The molecular formula is C23H13ClF6O3. The van der Waals surface area contributed by atoms with Gasteiger partial charge in [0.2, 0.25) is 0 Å². The van der Waals surface area contributed by atoms with Gasteiger partial charge in [0, 0.05) is 10.6 Å². The van der Waals surface area contributed by atoms with Crippen LogP contribution < -0.4 is 0 Å². The van der Waals surface area contributed by atoms with Gasteiger partial charge < -0.3 is 4.74 Å². The van der Waals surface area contributed by atoms with Gasteiger partial charge in [-0.3, -0.25) is 4.79 Å². The molecule has 33 heavy (non-hydrogen) atoms. The van der Waals surface area contributed by atoms with Gasteiger partial charge in [-0.2, -0.15) is 26.3 Å². The SMILES string of the molecule is COC(=O)c1ccc(C(=O)/C=C(\c2cc(Cl)cc(C(F)(F)F)c2)C(F)(F)F)c2ccccc12. The third-order valence-electron chi connectivity index (χ3n) is 4.71. The highest BCUT2D eigenvalue weighted by Crippen LogP contribution is 2.39. The van der Waals surface area contributed by atoms with Gasteiger partial charge in [0.25, 0.3) is 0 Å². The molecule has 0 bridgehead atoms. The summed E-state index contributed by atoms with van der Waals surface area (Å²) >= 11 is 5.62. The smallest absolute Gasteiger partial charge is 0.417 e. The Morgan fingerprint density at radius 2 is 1.45 bits per heavy atom. The summed E-state index contributed by atoms with van der Waals surface area (Å²) in [5, 5.41) is -0.139. The maximum Gasteiger partial charge on any atom is 0.417 e. The molecule has 3 rings (SSSR count). The van der Waals surface area contributed by atoms with E-state index >= 15 is 0 Å². The Bertz CT molecular complexity index is 1280. The van der Waals surface area contributed by atoms with Crippen LogP contribution in [-0.4, -0.2) is 25.0 Å². The molecule has 0 aliphatic rings. The topological polar surface area (TPSA) is 43.4 Å². The van der Waals surface area contributed by atoms with Gasteiger partial charge >= 0.3 is 18.3 Å². The second-order valence-electron chi connectivity index (χ2n) is 6.84. The first-order valence-corrected chi connectivity index (χ1v) is 9.52. The third kappa shape index (κ3) is 5.19. The maximum atomic E-state index is 13.8. The maximum absolute atomic E-state index is 13.8. The molecule has 0 amide bonds. The van der Waals surface area contributed by atoms with Crippen molar-refractivity contribution in [2.45, 2.75) is 12.4 Å². The number of methoxy groups -OCH3 is 1. The molecule has 0 radical (unpaired) electrons. The highest BCUT2D eigenvalue weighted by molar-refractivity contribution is 6.31. The van der Waals surface area contributed by atoms with Crippen LogP contribution in [0.1, 0.15) is 31.8 Å². The number of hydrogen-bond acceptors (Lipinski definition) is 3. The lowest BCUT2D eigenvalue weighted by Gasteiger charge is -2.15. The van der Waals surface area contributed by atoms with E-state index < -0.39 is 45.8 Å². The summed E-state index contributed by atoms with van der Waals surface area (Å²) in [6, 6.07) is 9.82. The summed E-state index contributed by atoms with van der Waals surface area (Å²) in [6.45, 7) is 0. The molecule has 3 aromatic rings. The van der Waals surface area contributed by atoms with Gasteiger partial charge in [0.1, 0.15) is 0 Å². The van der Waals surface area contributed by atoms with Crippen molar-refractivity contribution in [2.75, 3.05) is 7.11 Å². The zero-order chi connectivity index (χ0) is 24.6. The van der Waals surface area contributed by atoms with Gasteiger partial charge in [-0.15, -0.1) is 0 Å². The summed E-state index contributed by atoms with van der Waals surface area (Å²) in [6.07, 6.45) is -9.89. The fraction of sp³-hybridized carbons (Fsp3) is 0.130. The van der Waals surface area contributed by atoms with E-state index in [4.69, 9.17) is 11.6 Å². The van der Waals surface area contributed by atoms with E-state index in [0.29, 0.717) is 12.1 Å². The third-order valence-corrected chi connectivity index (χ3v) is 4.93. The van der Waals surface area contributed by atoms with Crippen molar-refractivity contribution < 1.29 is 40.7 Å². The first kappa shape index (κ1) is 24.3. The van der Waals surface area contributed by atoms with Crippen LogP contribution in [-0.2, 0) is 10.9 Å². The molecule has 0 spiro atoms. The van der Waals surface area contributed by atoms with E-state index in [9.17, 15) is 35.9 Å². The molecule has 0 saturated heterocycles. The Labute approximate surface area is 188 Å². The highest BCUT2D eigenvalue weighted by Gasteiger charge is 2.38. The minimum absolute atomic E-state index is 0.0920. The van der Waals surface area contributed by atoms with E-state index in [1.807, 2.05) is 0 Å². The number of ether oxygens (including phenoxy) is 1. The van der Waals surface area contributed by atoms with Gasteiger partial charge in [-0.05, 0) is 52.7 Å². The second kappa shape index (κ2) is 8.90. The first-order chi connectivity index (χ1) is 15.3. The number of alkyl halides is 6. The largest absolute Gasteiger partial charge is 0.465 e. The lowest BCUT2D eigenvalue weighted by molar-refractivity contribution is -0.137. The number of carbonyl (C=O) groups is 2. The number of halogens is 7. The summed E-state index contributed by atoms with van der Waals surface area (Å²) < 4.78 is 85.2. The van der Waals surface area contributed by atoms with E-state index in [-0.39, 0.29) is 34.0 Å². The number of esters is 1. The average Bonchev–Trinajstić information content (AvgIpc) is 2.74. The lowest BCUT2D eigenvalue weighted by atomic mass is 9.94. The number of rotatable bonds is 4. The number of fused-ring (bicyclic) bond motifs is 1. The lowest BCUT2D eigenvalue weighted by Crippen LogP contribution is -2.14. The molecule has 0 unspecified atom stereocenters. The number of benzene rings is 3. The number of ketones is 1. The van der Waals surface area contributed by atoms with Crippen LogP contribution in [0.15, 0.2) is 60.7 Å². The second-order valence-corrected chi connectivity index (χ2v) is 7.28. The first-order valence-electron chi connectivity index (χ1n) is 9.14. The van der Waals surface area contributed by atoms with E-state index in [2.05, 4.69) is 4.74 Å². The normalized spacial score (nSPS) is 12.7. The molecule has 3 nitrogen and oxygen atoms in total. The Morgan fingerprint density at radius 3 is 2.00 bits per heavy atom. The molecule has 0 saturated carbocycles. The molecule has 0 aliphatic carbocycles. The van der Waals surface area contributed by atoms with Crippen LogP contribution in [0.25, 0.3) is 16.3 Å². The van der Waals surface area contributed by atoms with Crippen molar-refractivity contribution >= 4 is 39.7 Å². The molecule has 10 heteroatoms. The Kier molecular flexibility index (Phi) is 6.56. The fourth-order valence-electron chi connectivity index (χ4n) is 3.25. The van der Waals surface area contributed by atoms with Crippen molar-refractivity contribution in [2.24, 2.45) is 0 Å². The van der Waals surface area contributed by atoms with Crippen molar-refractivity contribution in [3.8, 4) is 0 Å². The Hall–Kier alpha value is -3.33. The predicted molar refractivity (Wildman–Crippen MR) is 110 cm³/mol. The van der Waals surface area contributed by atoms with Gasteiger partial charge in [0.05, 0.1) is 23.8 Å². The average molecular weight is 487 g/mol. The number of carbonyl (C=O) groups excluding carboxylic acids is 2. The van der Waals surface area contributed by atoms with Gasteiger partial charge in [-0.1, -0.05) is 35.9 Å². The van der Waals surface area contributed by atoms with Gasteiger partial charge in [0.15, 0.2) is 5.78 Å². The zero-order valence-electron chi connectivity index (χ0n) is 16.6. The summed E-state index contributed by atoms with van der Waals surface area (Å²) in [7, 11) is 1.15. The standard InChI is InChI=1S/C23H13ClF6O3/c1-33-21(32)18-7-6-17(15-4-2-3-5-16(15)18)20(31)11-19(23(28,29)30)12-8-13(22(25,26)27)10-14(24)9-12/h2-11H,1H3/b19-11+. The summed E-state index contributed by atoms with van der Waals surface area (Å²) in [5.74, 6) is -1.83. The number of hydrogen-bond donors (Lipinski definition) is 0. The van der Waals surface area contributed by atoms with Crippen molar-refractivity contribution in [1.29, 1.82) is 0 Å². The predicted octanol–water partition coefficient (Wildman–Crippen LogP) is 7.13. The quantitative estimate of drug-likeness (QED) is 0.170. The van der Waals surface area contributed by atoms with E-state index in [1.54, 1.807) is 6.07 Å². The number of allylic oxidation sites excluding steroid dienone is 2. The van der Waals surface area contributed by atoms with Crippen LogP contribution in [0.5, 0.6) is 0 Å². The highest BCUT2D eigenvalue weighted by atomic mass is 35.5. The molecule has 0 fully saturated rings. The Morgan fingerprint density at radius 1 is 0.879 bits per heavy atom. The molecule has 172 valence electrons. The zero-order valence-corrected chi connectivity index (χ0v) is 17.4. The molecule has 0 aliphatic heterocycles. The van der Waals surface area contributed by atoms with Crippen LogP contribution in [0.4, 0.5) is 26.3 Å². The molecule has 3 aromatic carbocycles. The summed E-state index contributed by atoms with van der Waals surface area (Å²) in [5.41, 5.74) is -3.99. The summed E-state index contributed by atoms with van der Waals surface area (Å²) in [4.78, 5) is 24.8. The van der Waals surface area contributed by atoms with E-state index in [1.165, 1.54) is 24.3 Å². The monoisotopic (exact) mass is 486 g/mol. The van der Waals surface area contributed by atoms with E-state index in [0.717, 1.165) is 13.2 Å².